The van der Waals surface area contributed by atoms with Crippen LogP contribution in [0.3, 0.4) is 0 Å². The Kier molecular flexibility index (Phi) is 21.2. The number of rotatable bonds is 3. The fourth-order valence-electron chi connectivity index (χ4n) is 1.85. The topological polar surface area (TPSA) is 48.4 Å². The fraction of sp³-hybridized carbons (Fsp3) is 0.286. The van der Waals surface area contributed by atoms with E-state index in [0.29, 0.717) is 0 Å². The molecule has 0 radical (unpaired) electrons. The zero-order chi connectivity index (χ0) is 20.1. The van der Waals surface area contributed by atoms with E-state index < -0.39 is 0 Å². The van der Waals surface area contributed by atoms with Crippen LogP contribution in [0.15, 0.2) is 73.2 Å². The van der Waals surface area contributed by atoms with Crippen molar-refractivity contribution in [2.75, 3.05) is 57.0 Å². The fourth-order valence-corrected chi connectivity index (χ4v) is 1.85. The third-order valence-electron chi connectivity index (χ3n) is 3.32. The molecule has 0 N–H and O–H groups in total. The van der Waals surface area contributed by atoms with E-state index in [-0.39, 0.29) is 50.9 Å². The molecule has 30 heavy (non-hydrogen) atoms. The maximum atomic E-state index is 4.10. The normalized spacial score (nSPS) is 8.20. The van der Waals surface area contributed by atoms with Gasteiger partial charge in [0.1, 0.15) is 17.5 Å². The van der Waals surface area contributed by atoms with Gasteiger partial charge in [0.15, 0.2) is 0 Å². The molecule has 3 rings (SSSR count). The molecule has 0 fully saturated rings. The van der Waals surface area contributed by atoms with Crippen LogP contribution < -0.4 is 14.7 Å². The molecule has 0 atom stereocenters. The van der Waals surface area contributed by atoms with Gasteiger partial charge in [0.25, 0.3) is 0 Å². The smallest absolute Gasteiger partial charge is 0.127 e. The summed E-state index contributed by atoms with van der Waals surface area (Å²) in [6.07, 6.45) is 5.36. The minimum Gasteiger partial charge on any atom is -0.363 e. The molecule has 0 aromatic carbocycles. The molecule has 0 saturated heterocycles. The SMILES string of the molecule is Br.Br.Br.CN(C)c1ccccn1.CN(C)c1ccccn1.CN(C)c1ccccn1. The molecule has 0 spiro atoms. The van der Waals surface area contributed by atoms with Crippen LogP contribution in [0.5, 0.6) is 0 Å². The predicted octanol–water partition coefficient (Wildman–Crippen LogP) is 5.18. The molecule has 168 valence electrons. The standard InChI is InChI=1S/3C7H10N2.3BrH/c3*1-9(2)7-5-3-4-6-8-7;;;/h3*3-6H,1-2H3;3*1H. The Hall–Kier alpha value is -1.71. The van der Waals surface area contributed by atoms with Crippen LogP contribution >= 0.6 is 50.9 Å². The van der Waals surface area contributed by atoms with E-state index in [9.17, 15) is 0 Å². The summed E-state index contributed by atoms with van der Waals surface area (Å²) in [6, 6.07) is 17.6. The van der Waals surface area contributed by atoms with Crippen LogP contribution in [0, 0.1) is 0 Å². The molecule has 0 amide bonds. The third kappa shape index (κ3) is 14.3. The lowest BCUT2D eigenvalue weighted by Gasteiger charge is -2.08. The van der Waals surface area contributed by atoms with Gasteiger partial charge < -0.3 is 14.7 Å². The first-order valence-electron chi connectivity index (χ1n) is 8.67. The molecule has 0 bridgehead atoms. The van der Waals surface area contributed by atoms with Crippen LogP contribution in [-0.2, 0) is 0 Å². The molecular weight excluding hydrogens is 576 g/mol. The highest BCUT2D eigenvalue weighted by Crippen LogP contribution is 2.03. The van der Waals surface area contributed by atoms with E-state index in [2.05, 4.69) is 15.0 Å². The van der Waals surface area contributed by atoms with Crippen LogP contribution in [0.1, 0.15) is 0 Å². The third-order valence-corrected chi connectivity index (χ3v) is 3.32. The number of hydrogen-bond donors (Lipinski definition) is 0. The lowest BCUT2D eigenvalue weighted by Crippen LogP contribution is -2.09. The van der Waals surface area contributed by atoms with Gasteiger partial charge in [-0.25, -0.2) is 15.0 Å². The van der Waals surface area contributed by atoms with Gasteiger partial charge in [0.05, 0.1) is 0 Å². The Bertz CT molecular complexity index is 626. The zero-order valence-electron chi connectivity index (χ0n) is 18.3. The summed E-state index contributed by atoms with van der Waals surface area (Å²) in [5.41, 5.74) is 0. The molecule has 3 aromatic rings. The van der Waals surface area contributed by atoms with Crippen LogP contribution in [0.25, 0.3) is 0 Å². The number of nitrogens with zero attached hydrogens (tertiary/aromatic N) is 6. The highest BCUT2D eigenvalue weighted by Gasteiger charge is 1.91. The predicted molar refractivity (Wildman–Crippen MR) is 147 cm³/mol. The molecule has 3 aromatic heterocycles. The van der Waals surface area contributed by atoms with E-state index in [1.54, 1.807) is 18.6 Å². The average molecular weight is 609 g/mol. The van der Waals surface area contributed by atoms with Crippen molar-refractivity contribution in [3.8, 4) is 0 Å². The number of halogens is 3. The molecule has 0 aliphatic rings. The van der Waals surface area contributed by atoms with Gasteiger partial charge in [-0.3, -0.25) is 0 Å². The first-order chi connectivity index (χ1) is 12.9. The number of pyridine rings is 3. The first-order valence-corrected chi connectivity index (χ1v) is 8.67. The van der Waals surface area contributed by atoms with Crippen molar-refractivity contribution < 1.29 is 0 Å². The quantitative estimate of drug-likeness (QED) is 0.409. The molecule has 9 heteroatoms. The number of anilines is 3. The van der Waals surface area contributed by atoms with Crippen molar-refractivity contribution in [2.45, 2.75) is 0 Å². The summed E-state index contributed by atoms with van der Waals surface area (Å²) in [6.45, 7) is 0. The summed E-state index contributed by atoms with van der Waals surface area (Å²) in [5.74, 6) is 2.99. The molecule has 0 saturated carbocycles. The van der Waals surface area contributed by atoms with E-state index >= 15 is 0 Å². The lowest BCUT2D eigenvalue weighted by molar-refractivity contribution is 1.07. The van der Waals surface area contributed by atoms with Gasteiger partial charge in [0.2, 0.25) is 0 Å². The Balaban J connectivity index is -0.000000347. The van der Waals surface area contributed by atoms with E-state index in [1.807, 2.05) is 112 Å². The molecule has 0 unspecified atom stereocenters. The molecular formula is C21H33Br3N6. The minimum atomic E-state index is 0. The maximum absolute atomic E-state index is 4.10. The average Bonchev–Trinajstić information content (AvgIpc) is 2.71. The highest BCUT2D eigenvalue weighted by atomic mass is 79.9. The van der Waals surface area contributed by atoms with Crippen molar-refractivity contribution in [1.29, 1.82) is 0 Å². The molecule has 3 heterocycles. The summed E-state index contributed by atoms with van der Waals surface area (Å²) in [7, 11) is 11.8. The van der Waals surface area contributed by atoms with E-state index in [4.69, 9.17) is 0 Å². The summed E-state index contributed by atoms with van der Waals surface area (Å²) >= 11 is 0. The zero-order valence-corrected chi connectivity index (χ0v) is 23.5. The molecule has 0 aliphatic heterocycles. The van der Waals surface area contributed by atoms with Gasteiger partial charge >= 0.3 is 0 Å². The second-order valence-electron chi connectivity index (χ2n) is 6.25. The summed E-state index contributed by atoms with van der Waals surface area (Å²) in [4.78, 5) is 18.2. The van der Waals surface area contributed by atoms with Gasteiger partial charge in [-0.2, -0.15) is 0 Å². The number of aromatic nitrogens is 3. The summed E-state index contributed by atoms with van der Waals surface area (Å²) in [5, 5.41) is 0. The van der Waals surface area contributed by atoms with Crippen molar-refractivity contribution in [1.82, 2.24) is 15.0 Å². The molecule has 0 aliphatic carbocycles. The van der Waals surface area contributed by atoms with Crippen molar-refractivity contribution in [3.63, 3.8) is 0 Å². The maximum Gasteiger partial charge on any atom is 0.127 e. The Morgan fingerprint density at radius 2 is 0.667 bits per heavy atom. The first kappa shape index (κ1) is 32.9. The Morgan fingerprint density at radius 3 is 0.767 bits per heavy atom. The van der Waals surface area contributed by atoms with Crippen LogP contribution in [0.2, 0.25) is 0 Å². The van der Waals surface area contributed by atoms with Gasteiger partial charge in [0, 0.05) is 60.9 Å². The van der Waals surface area contributed by atoms with Crippen molar-refractivity contribution in [3.05, 3.63) is 73.2 Å². The van der Waals surface area contributed by atoms with E-state index in [1.165, 1.54) is 0 Å². The second kappa shape index (κ2) is 19.3. The number of hydrogen-bond acceptors (Lipinski definition) is 6. The van der Waals surface area contributed by atoms with E-state index in [0.717, 1.165) is 17.5 Å². The Labute approximate surface area is 212 Å². The minimum absolute atomic E-state index is 0. The van der Waals surface area contributed by atoms with Gasteiger partial charge in [-0.1, -0.05) is 18.2 Å². The van der Waals surface area contributed by atoms with Crippen LogP contribution in [0.4, 0.5) is 17.5 Å². The van der Waals surface area contributed by atoms with Crippen molar-refractivity contribution >= 4 is 68.4 Å². The lowest BCUT2D eigenvalue weighted by atomic mass is 10.4. The van der Waals surface area contributed by atoms with Crippen molar-refractivity contribution in [2.24, 2.45) is 0 Å². The largest absolute Gasteiger partial charge is 0.363 e. The Morgan fingerprint density at radius 1 is 0.433 bits per heavy atom. The second-order valence-corrected chi connectivity index (χ2v) is 6.25. The monoisotopic (exact) mass is 606 g/mol. The van der Waals surface area contributed by atoms with Gasteiger partial charge in [-0.15, -0.1) is 50.9 Å². The van der Waals surface area contributed by atoms with Gasteiger partial charge in [-0.05, 0) is 36.4 Å². The van der Waals surface area contributed by atoms with Crippen LogP contribution in [-0.4, -0.2) is 57.2 Å². The molecule has 6 nitrogen and oxygen atoms in total. The summed E-state index contributed by atoms with van der Waals surface area (Å²) < 4.78 is 0. The highest BCUT2D eigenvalue weighted by molar-refractivity contribution is 8.93.